The summed E-state index contributed by atoms with van der Waals surface area (Å²) in [5, 5.41) is 7.03. The van der Waals surface area contributed by atoms with Crippen LogP contribution in [-0.4, -0.2) is 34.1 Å². The Labute approximate surface area is 136 Å². The number of halogens is 1. The molecule has 0 bridgehead atoms. The molecular weight excluding hydrogens is 313 g/mol. The van der Waals surface area contributed by atoms with Crippen molar-refractivity contribution >= 4 is 28.5 Å². The van der Waals surface area contributed by atoms with Gasteiger partial charge < -0.3 is 14.7 Å². The number of fused-ring (bicyclic) bond motifs is 1. The zero-order chi connectivity index (χ0) is 16.5. The first-order chi connectivity index (χ1) is 11.7. The molecule has 7 nitrogen and oxygen atoms in total. The van der Waals surface area contributed by atoms with Crippen LogP contribution >= 0.6 is 0 Å². The van der Waals surface area contributed by atoms with Crippen LogP contribution in [0.4, 0.5) is 15.9 Å². The molecule has 0 aliphatic carbocycles. The molecule has 3 heterocycles. The van der Waals surface area contributed by atoms with Gasteiger partial charge in [-0.2, -0.15) is 4.98 Å². The Kier molecular flexibility index (Phi) is 3.56. The number of rotatable bonds is 3. The van der Waals surface area contributed by atoms with E-state index in [1.807, 2.05) is 0 Å². The molecule has 1 amide bonds. The van der Waals surface area contributed by atoms with E-state index in [-0.39, 0.29) is 17.2 Å². The largest absolute Gasteiger partial charge is 0.356 e. The lowest BCUT2D eigenvalue weighted by molar-refractivity contribution is 0.102. The number of anilines is 2. The zero-order valence-corrected chi connectivity index (χ0v) is 12.7. The Balaban J connectivity index is 1.70. The van der Waals surface area contributed by atoms with Crippen molar-refractivity contribution in [2.24, 2.45) is 0 Å². The molecule has 1 fully saturated rings. The van der Waals surface area contributed by atoms with Gasteiger partial charge >= 0.3 is 0 Å². The topological polar surface area (TPSA) is 84.2 Å². The van der Waals surface area contributed by atoms with Crippen LogP contribution in [-0.2, 0) is 0 Å². The third-order valence-electron chi connectivity index (χ3n) is 3.98. The highest BCUT2D eigenvalue weighted by Crippen LogP contribution is 2.29. The van der Waals surface area contributed by atoms with Crippen molar-refractivity contribution in [3.05, 3.63) is 42.1 Å². The molecule has 122 valence electrons. The van der Waals surface area contributed by atoms with Gasteiger partial charge in [0, 0.05) is 18.8 Å². The highest BCUT2D eigenvalue weighted by atomic mass is 19.1. The van der Waals surface area contributed by atoms with E-state index < -0.39 is 5.91 Å². The first-order valence-corrected chi connectivity index (χ1v) is 7.64. The summed E-state index contributed by atoms with van der Waals surface area (Å²) in [7, 11) is 0. The molecule has 1 saturated heterocycles. The number of hydrogen-bond donors (Lipinski definition) is 1. The standard InChI is InChI=1S/C16H14FN5O2/c17-10-3-5-11(6-4-10)20-15(23)13-12-14(22-7-1-2-8-22)18-9-19-16(12)24-21-13/h3-6,9H,1-2,7-8H2,(H,20,23). The second-order valence-corrected chi connectivity index (χ2v) is 5.56. The van der Waals surface area contributed by atoms with Gasteiger partial charge in [0.2, 0.25) is 0 Å². The van der Waals surface area contributed by atoms with Crippen LogP contribution in [0.25, 0.3) is 11.1 Å². The lowest BCUT2D eigenvalue weighted by atomic mass is 10.2. The van der Waals surface area contributed by atoms with Gasteiger partial charge in [-0.05, 0) is 37.1 Å². The molecule has 0 radical (unpaired) electrons. The number of aromatic nitrogens is 3. The van der Waals surface area contributed by atoms with Crippen LogP contribution in [0.1, 0.15) is 23.3 Å². The highest BCUT2D eigenvalue weighted by molar-refractivity contribution is 6.12. The van der Waals surface area contributed by atoms with E-state index in [1.165, 1.54) is 30.6 Å². The van der Waals surface area contributed by atoms with Crippen molar-refractivity contribution in [2.45, 2.75) is 12.8 Å². The number of nitrogens with one attached hydrogen (secondary N) is 1. The molecule has 0 spiro atoms. The van der Waals surface area contributed by atoms with Crippen molar-refractivity contribution < 1.29 is 13.7 Å². The van der Waals surface area contributed by atoms with Crippen LogP contribution in [0, 0.1) is 5.82 Å². The van der Waals surface area contributed by atoms with Gasteiger partial charge in [0.1, 0.15) is 23.3 Å². The molecule has 0 saturated carbocycles. The van der Waals surface area contributed by atoms with E-state index in [0.29, 0.717) is 16.9 Å². The number of benzene rings is 1. The molecule has 8 heteroatoms. The summed E-state index contributed by atoms with van der Waals surface area (Å²) in [4.78, 5) is 23.0. The quantitative estimate of drug-likeness (QED) is 0.796. The second kappa shape index (κ2) is 5.88. The Bertz CT molecular complexity index is 887. The third-order valence-corrected chi connectivity index (χ3v) is 3.98. The second-order valence-electron chi connectivity index (χ2n) is 5.56. The van der Waals surface area contributed by atoms with E-state index in [2.05, 4.69) is 25.3 Å². The highest BCUT2D eigenvalue weighted by Gasteiger charge is 2.25. The predicted octanol–water partition coefficient (Wildman–Crippen LogP) is 2.61. The fourth-order valence-corrected chi connectivity index (χ4v) is 2.82. The maximum atomic E-state index is 13.0. The van der Waals surface area contributed by atoms with E-state index in [4.69, 9.17) is 4.52 Å². The van der Waals surface area contributed by atoms with Crippen molar-refractivity contribution in [3.63, 3.8) is 0 Å². The minimum Gasteiger partial charge on any atom is -0.356 e. The van der Waals surface area contributed by atoms with Gasteiger partial charge in [-0.3, -0.25) is 4.79 Å². The molecule has 1 aliphatic heterocycles. The summed E-state index contributed by atoms with van der Waals surface area (Å²) in [6.45, 7) is 1.74. The molecule has 1 aliphatic rings. The maximum absolute atomic E-state index is 13.0. The predicted molar refractivity (Wildman–Crippen MR) is 85.4 cm³/mol. The first-order valence-electron chi connectivity index (χ1n) is 7.64. The number of hydrogen-bond acceptors (Lipinski definition) is 6. The summed E-state index contributed by atoms with van der Waals surface area (Å²) >= 11 is 0. The van der Waals surface area contributed by atoms with Gasteiger partial charge in [0.15, 0.2) is 5.69 Å². The lowest BCUT2D eigenvalue weighted by Crippen LogP contribution is -2.20. The Morgan fingerprint density at radius 1 is 1.17 bits per heavy atom. The minimum atomic E-state index is -0.449. The summed E-state index contributed by atoms with van der Waals surface area (Å²) in [6, 6.07) is 5.51. The number of amides is 1. The molecular formula is C16H14FN5O2. The Hall–Kier alpha value is -3.03. The minimum absolute atomic E-state index is 0.122. The summed E-state index contributed by atoms with van der Waals surface area (Å²) < 4.78 is 18.1. The number of carbonyl (C=O) groups is 1. The molecule has 3 aromatic rings. The van der Waals surface area contributed by atoms with Crippen LogP contribution in [0.5, 0.6) is 0 Å². The zero-order valence-electron chi connectivity index (χ0n) is 12.7. The third kappa shape index (κ3) is 2.55. The first kappa shape index (κ1) is 14.6. The molecule has 1 aromatic carbocycles. The van der Waals surface area contributed by atoms with Gasteiger partial charge in [-0.1, -0.05) is 5.16 Å². The van der Waals surface area contributed by atoms with Crippen molar-refractivity contribution in [1.29, 1.82) is 0 Å². The van der Waals surface area contributed by atoms with Gasteiger partial charge in [-0.25, -0.2) is 9.37 Å². The van der Waals surface area contributed by atoms with Crippen LogP contribution in [0.15, 0.2) is 35.1 Å². The smallest absolute Gasteiger partial charge is 0.278 e. The maximum Gasteiger partial charge on any atom is 0.278 e. The Morgan fingerprint density at radius 3 is 2.67 bits per heavy atom. The van der Waals surface area contributed by atoms with Crippen molar-refractivity contribution in [3.8, 4) is 0 Å². The van der Waals surface area contributed by atoms with Crippen LogP contribution in [0.3, 0.4) is 0 Å². The molecule has 0 atom stereocenters. The van der Waals surface area contributed by atoms with Gasteiger partial charge in [-0.15, -0.1) is 0 Å². The van der Waals surface area contributed by atoms with Crippen molar-refractivity contribution in [2.75, 3.05) is 23.3 Å². The average Bonchev–Trinajstić information content (AvgIpc) is 3.26. The summed E-state index contributed by atoms with van der Waals surface area (Å²) in [6.07, 6.45) is 3.56. The van der Waals surface area contributed by atoms with Crippen LogP contribution in [0.2, 0.25) is 0 Å². The molecule has 24 heavy (non-hydrogen) atoms. The van der Waals surface area contributed by atoms with Crippen LogP contribution < -0.4 is 10.2 Å². The van der Waals surface area contributed by atoms with E-state index in [0.717, 1.165) is 25.9 Å². The van der Waals surface area contributed by atoms with Gasteiger partial charge in [0.05, 0.1) is 0 Å². The van der Waals surface area contributed by atoms with Crippen molar-refractivity contribution in [1.82, 2.24) is 15.1 Å². The fraction of sp³-hybridized carbons (Fsp3) is 0.250. The summed E-state index contributed by atoms with van der Waals surface area (Å²) in [5.74, 6) is -0.164. The summed E-state index contributed by atoms with van der Waals surface area (Å²) in [5.41, 5.74) is 0.866. The van der Waals surface area contributed by atoms with E-state index in [9.17, 15) is 9.18 Å². The monoisotopic (exact) mass is 327 g/mol. The van der Waals surface area contributed by atoms with Gasteiger partial charge in [0.25, 0.3) is 11.6 Å². The SMILES string of the molecule is O=C(Nc1ccc(F)cc1)c1noc2ncnc(N3CCCC3)c12. The normalized spacial score (nSPS) is 14.3. The Morgan fingerprint density at radius 2 is 1.92 bits per heavy atom. The molecule has 0 unspecified atom stereocenters. The van der Waals surface area contributed by atoms with E-state index in [1.54, 1.807) is 0 Å². The molecule has 4 rings (SSSR count). The molecule has 1 N–H and O–H groups in total. The fourth-order valence-electron chi connectivity index (χ4n) is 2.82. The average molecular weight is 327 g/mol. The van der Waals surface area contributed by atoms with E-state index >= 15 is 0 Å². The number of carbonyl (C=O) groups excluding carboxylic acids is 1. The number of nitrogens with zero attached hydrogens (tertiary/aromatic N) is 4. The molecule has 2 aromatic heterocycles. The lowest BCUT2D eigenvalue weighted by Gasteiger charge is -2.16.